The summed E-state index contributed by atoms with van der Waals surface area (Å²) in [5.41, 5.74) is 5.54. The summed E-state index contributed by atoms with van der Waals surface area (Å²) in [4.78, 5) is 4.44. The monoisotopic (exact) mass is 379 g/mol. The number of ether oxygens (including phenoxy) is 1. The van der Waals surface area contributed by atoms with Gasteiger partial charge in [0.25, 0.3) is 0 Å². The van der Waals surface area contributed by atoms with E-state index in [1.165, 1.54) is 16.7 Å². The lowest BCUT2D eigenvalue weighted by Crippen LogP contribution is -2.32. The number of aryl methyl sites for hydroxylation is 2. The molecule has 1 atom stereocenters. The zero-order valence-corrected chi connectivity index (χ0v) is 17.0. The van der Waals surface area contributed by atoms with Crippen LogP contribution in [-0.2, 0) is 0 Å². The number of methoxy groups -OCH3 is 1. The van der Waals surface area contributed by atoms with Crippen LogP contribution in [0.2, 0.25) is 0 Å². The molecule has 27 heavy (non-hydrogen) atoms. The fourth-order valence-electron chi connectivity index (χ4n) is 3.35. The Hall–Kier alpha value is -2.66. The quantitative estimate of drug-likeness (QED) is 0.589. The van der Waals surface area contributed by atoms with E-state index in [4.69, 9.17) is 17.0 Å². The van der Waals surface area contributed by atoms with E-state index in [1.807, 2.05) is 24.3 Å². The van der Waals surface area contributed by atoms with Crippen molar-refractivity contribution in [1.29, 1.82) is 0 Å². The number of hydrogen-bond donors (Lipinski definition) is 2. The molecule has 0 fully saturated rings. The number of benzene rings is 2. The minimum Gasteiger partial charge on any atom is -0.494 e. The third-order valence-electron chi connectivity index (χ3n) is 4.72. The third-order valence-corrected chi connectivity index (χ3v) is 4.93. The summed E-state index contributed by atoms with van der Waals surface area (Å²) in [6.45, 7) is 6.41. The van der Waals surface area contributed by atoms with E-state index in [9.17, 15) is 0 Å². The molecular weight excluding hydrogens is 354 g/mol. The Bertz CT molecular complexity index is 971. The molecule has 0 unspecified atom stereocenters. The van der Waals surface area contributed by atoms with Crippen molar-refractivity contribution in [2.75, 3.05) is 12.4 Å². The van der Waals surface area contributed by atoms with Crippen molar-refractivity contribution >= 4 is 33.9 Å². The van der Waals surface area contributed by atoms with Crippen LogP contribution in [0.4, 0.5) is 5.69 Å². The molecule has 140 valence electrons. The van der Waals surface area contributed by atoms with Crippen molar-refractivity contribution < 1.29 is 4.74 Å². The Morgan fingerprint density at radius 2 is 2.00 bits per heavy atom. The van der Waals surface area contributed by atoms with Crippen LogP contribution < -0.4 is 15.4 Å². The van der Waals surface area contributed by atoms with Crippen molar-refractivity contribution in [2.45, 2.75) is 33.2 Å². The lowest BCUT2D eigenvalue weighted by molar-refractivity contribution is 0.419. The first-order valence-electron chi connectivity index (χ1n) is 9.10. The SMILES string of the molecule is CC[C@H](NC(=S)Nc1ccc(OC)c2ncccc12)c1ccc(C)cc1C. The summed E-state index contributed by atoms with van der Waals surface area (Å²) in [5, 5.41) is 8.35. The van der Waals surface area contributed by atoms with Crippen LogP contribution in [0.5, 0.6) is 5.75 Å². The number of nitrogens with zero attached hydrogens (tertiary/aromatic N) is 1. The van der Waals surface area contributed by atoms with E-state index < -0.39 is 0 Å². The van der Waals surface area contributed by atoms with Gasteiger partial charge in [0, 0.05) is 17.3 Å². The molecule has 3 aromatic rings. The number of anilines is 1. The largest absolute Gasteiger partial charge is 0.494 e. The molecule has 0 saturated carbocycles. The molecule has 5 heteroatoms. The highest BCUT2D eigenvalue weighted by Crippen LogP contribution is 2.30. The van der Waals surface area contributed by atoms with Gasteiger partial charge in [-0.05, 0) is 67.9 Å². The maximum Gasteiger partial charge on any atom is 0.171 e. The number of fused-ring (bicyclic) bond motifs is 1. The molecule has 2 N–H and O–H groups in total. The van der Waals surface area contributed by atoms with Crippen molar-refractivity contribution in [1.82, 2.24) is 10.3 Å². The number of thiocarbonyl (C=S) groups is 1. The third kappa shape index (κ3) is 4.19. The lowest BCUT2D eigenvalue weighted by Gasteiger charge is -2.22. The minimum absolute atomic E-state index is 0.160. The molecule has 2 aromatic carbocycles. The molecule has 0 aliphatic carbocycles. The van der Waals surface area contributed by atoms with Crippen molar-refractivity contribution in [3.05, 3.63) is 65.4 Å². The summed E-state index contributed by atoms with van der Waals surface area (Å²) in [5.74, 6) is 0.747. The topological polar surface area (TPSA) is 46.2 Å². The molecule has 0 aliphatic heterocycles. The van der Waals surface area contributed by atoms with E-state index in [2.05, 4.69) is 54.6 Å². The van der Waals surface area contributed by atoms with E-state index in [-0.39, 0.29) is 6.04 Å². The fraction of sp³-hybridized carbons (Fsp3) is 0.273. The molecule has 1 heterocycles. The van der Waals surface area contributed by atoms with Gasteiger partial charge in [-0.1, -0.05) is 30.7 Å². The number of nitrogens with one attached hydrogen (secondary N) is 2. The molecule has 3 rings (SSSR count). The van der Waals surface area contributed by atoms with E-state index in [0.29, 0.717) is 5.11 Å². The standard InChI is InChI=1S/C22H25N3OS/c1-5-18(16-9-8-14(2)13-15(16)3)24-22(27)25-19-10-11-20(26-4)21-17(19)7-6-12-23-21/h6-13,18H,5H2,1-4H3,(H2,24,25,27)/t18-/m0/s1. The molecule has 0 aliphatic rings. The van der Waals surface area contributed by atoms with Crippen LogP contribution in [0.1, 0.15) is 36.1 Å². The summed E-state index contributed by atoms with van der Waals surface area (Å²) < 4.78 is 5.41. The summed E-state index contributed by atoms with van der Waals surface area (Å²) in [7, 11) is 1.65. The first-order valence-corrected chi connectivity index (χ1v) is 9.50. The Morgan fingerprint density at radius 1 is 1.19 bits per heavy atom. The second-order valence-electron chi connectivity index (χ2n) is 6.63. The maximum absolute atomic E-state index is 5.60. The maximum atomic E-state index is 5.60. The average molecular weight is 380 g/mol. The Labute approximate surface area is 166 Å². The van der Waals surface area contributed by atoms with E-state index in [1.54, 1.807) is 13.3 Å². The van der Waals surface area contributed by atoms with Crippen molar-refractivity contribution in [3.8, 4) is 5.75 Å². The average Bonchev–Trinajstić information content (AvgIpc) is 2.67. The predicted molar refractivity (Wildman–Crippen MR) is 117 cm³/mol. The molecule has 4 nitrogen and oxygen atoms in total. The number of aromatic nitrogens is 1. The second kappa shape index (κ2) is 8.35. The first kappa shape index (κ1) is 19.1. The molecular formula is C22H25N3OS. The molecule has 0 radical (unpaired) electrons. The second-order valence-corrected chi connectivity index (χ2v) is 7.04. The normalized spacial score (nSPS) is 11.9. The van der Waals surface area contributed by atoms with Crippen LogP contribution >= 0.6 is 12.2 Å². The minimum atomic E-state index is 0.160. The van der Waals surface area contributed by atoms with Gasteiger partial charge in [0.2, 0.25) is 0 Å². The lowest BCUT2D eigenvalue weighted by atomic mass is 9.98. The highest BCUT2D eigenvalue weighted by molar-refractivity contribution is 7.80. The predicted octanol–water partition coefficient (Wildman–Crippen LogP) is 5.30. The van der Waals surface area contributed by atoms with Gasteiger partial charge < -0.3 is 15.4 Å². The van der Waals surface area contributed by atoms with E-state index >= 15 is 0 Å². The zero-order valence-electron chi connectivity index (χ0n) is 16.2. The van der Waals surface area contributed by atoms with Gasteiger partial charge in [-0.2, -0.15) is 0 Å². The highest BCUT2D eigenvalue weighted by atomic mass is 32.1. The molecule has 0 amide bonds. The first-order chi connectivity index (χ1) is 13.0. The zero-order chi connectivity index (χ0) is 19.4. The summed E-state index contributed by atoms with van der Waals surface area (Å²) >= 11 is 5.60. The number of pyridine rings is 1. The van der Waals surface area contributed by atoms with Crippen molar-refractivity contribution in [2.24, 2.45) is 0 Å². The molecule has 0 saturated heterocycles. The van der Waals surface area contributed by atoms with Crippen molar-refractivity contribution in [3.63, 3.8) is 0 Å². The van der Waals surface area contributed by atoms with Crippen LogP contribution in [-0.4, -0.2) is 17.2 Å². The van der Waals surface area contributed by atoms with Crippen LogP contribution in [0, 0.1) is 13.8 Å². The molecule has 0 bridgehead atoms. The van der Waals surface area contributed by atoms with Gasteiger partial charge in [-0.3, -0.25) is 4.98 Å². The van der Waals surface area contributed by atoms with Gasteiger partial charge in [0.1, 0.15) is 11.3 Å². The van der Waals surface area contributed by atoms with Gasteiger partial charge in [0.05, 0.1) is 13.2 Å². The number of rotatable bonds is 5. The van der Waals surface area contributed by atoms with Crippen LogP contribution in [0.3, 0.4) is 0 Å². The Kier molecular flexibility index (Phi) is 5.91. The smallest absolute Gasteiger partial charge is 0.171 e. The molecule has 0 spiro atoms. The van der Waals surface area contributed by atoms with Crippen LogP contribution in [0.15, 0.2) is 48.7 Å². The fourth-order valence-corrected chi connectivity index (χ4v) is 3.61. The Morgan fingerprint density at radius 3 is 2.70 bits per heavy atom. The van der Waals surface area contributed by atoms with E-state index in [0.717, 1.165) is 28.8 Å². The summed E-state index contributed by atoms with van der Waals surface area (Å²) in [6.07, 6.45) is 2.70. The highest BCUT2D eigenvalue weighted by Gasteiger charge is 2.14. The van der Waals surface area contributed by atoms with Gasteiger partial charge in [-0.15, -0.1) is 0 Å². The Balaban J connectivity index is 1.82. The number of hydrogen-bond acceptors (Lipinski definition) is 3. The van der Waals surface area contributed by atoms with Gasteiger partial charge in [-0.25, -0.2) is 0 Å². The summed E-state index contributed by atoms with van der Waals surface area (Å²) in [6, 6.07) is 14.5. The van der Waals surface area contributed by atoms with Crippen LogP contribution in [0.25, 0.3) is 10.9 Å². The van der Waals surface area contributed by atoms with Gasteiger partial charge >= 0.3 is 0 Å². The molecule has 1 aromatic heterocycles. The van der Waals surface area contributed by atoms with Gasteiger partial charge in [0.15, 0.2) is 5.11 Å².